The number of H-pyrrole nitrogens is 1. The summed E-state index contributed by atoms with van der Waals surface area (Å²) in [4.78, 5) is 0. The molecule has 0 fully saturated rings. The maximum absolute atomic E-state index is 5.80. The number of aromatic nitrogens is 2. The zero-order valence-electron chi connectivity index (χ0n) is 9.34. The molecule has 0 aliphatic heterocycles. The van der Waals surface area contributed by atoms with Gasteiger partial charge in [0.05, 0.1) is 23.1 Å². The number of hydrogen-bond acceptors (Lipinski definition) is 3. The van der Waals surface area contributed by atoms with Crippen LogP contribution in [0.5, 0.6) is 0 Å². The van der Waals surface area contributed by atoms with Crippen LogP contribution in [0.3, 0.4) is 0 Å². The molecule has 1 aromatic rings. The fraction of sp³-hybridized carbons (Fsp3) is 0.444. The molecular weight excluding hydrogens is 246 g/mol. The summed E-state index contributed by atoms with van der Waals surface area (Å²) >= 11 is 10.8. The highest BCUT2D eigenvalue weighted by Crippen LogP contribution is 2.08. The van der Waals surface area contributed by atoms with E-state index in [2.05, 4.69) is 26.0 Å². The molecule has 0 aliphatic rings. The highest BCUT2D eigenvalue weighted by Gasteiger charge is 2.09. The Morgan fingerprint density at radius 1 is 1.62 bits per heavy atom. The lowest BCUT2D eigenvalue weighted by Crippen LogP contribution is -2.44. The Kier molecular flexibility index (Phi) is 4.26. The third kappa shape index (κ3) is 4.59. The topological polar surface area (TPSA) is 65.1 Å². The molecule has 1 aromatic heterocycles. The Bertz CT molecular complexity index is 393. The van der Waals surface area contributed by atoms with Gasteiger partial charge >= 0.3 is 0 Å². The van der Waals surface area contributed by atoms with Crippen LogP contribution < -0.4 is 10.7 Å². The van der Waals surface area contributed by atoms with Gasteiger partial charge in [-0.05, 0) is 33.0 Å². The Hall–Kier alpha value is -1.14. The second-order valence-electron chi connectivity index (χ2n) is 4.21. The summed E-state index contributed by atoms with van der Waals surface area (Å²) in [7, 11) is 0. The molecule has 1 heterocycles. The standard InChI is InChI=1S/C9H14ClN5S/c1-9(2,3)13-8(16)15-12-5-7-6(10)4-11-14-7/h4-5H,1-3H3,(H,11,14)(H2,13,15,16)/b12-5-. The highest BCUT2D eigenvalue weighted by molar-refractivity contribution is 7.80. The van der Waals surface area contributed by atoms with Crippen molar-refractivity contribution in [1.82, 2.24) is 20.9 Å². The molecule has 0 saturated heterocycles. The molecule has 5 nitrogen and oxygen atoms in total. The van der Waals surface area contributed by atoms with Crippen molar-refractivity contribution in [2.45, 2.75) is 26.3 Å². The highest BCUT2D eigenvalue weighted by atomic mass is 35.5. The number of thiocarbonyl (C=S) groups is 1. The van der Waals surface area contributed by atoms with Crippen molar-refractivity contribution in [1.29, 1.82) is 0 Å². The summed E-state index contributed by atoms with van der Waals surface area (Å²) in [5.74, 6) is 0. The van der Waals surface area contributed by atoms with Gasteiger partial charge in [-0.3, -0.25) is 10.5 Å². The second kappa shape index (κ2) is 5.27. The van der Waals surface area contributed by atoms with Gasteiger partial charge in [-0.15, -0.1) is 0 Å². The number of hydrazone groups is 1. The monoisotopic (exact) mass is 259 g/mol. The van der Waals surface area contributed by atoms with Gasteiger partial charge in [-0.1, -0.05) is 11.6 Å². The summed E-state index contributed by atoms with van der Waals surface area (Å²) in [6, 6.07) is 0. The quantitative estimate of drug-likeness (QED) is 0.429. The lowest BCUT2D eigenvalue weighted by atomic mass is 10.1. The molecule has 1 rings (SSSR count). The fourth-order valence-corrected chi connectivity index (χ4v) is 1.39. The normalized spacial score (nSPS) is 11.8. The minimum atomic E-state index is -0.0920. The summed E-state index contributed by atoms with van der Waals surface area (Å²) in [6.45, 7) is 6.03. The molecule has 0 saturated carbocycles. The molecular formula is C9H14ClN5S. The molecule has 0 unspecified atom stereocenters. The van der Waals surface area contributed by atoms with Gasteiger partial charge in [-0.25, -0.2) is 0 Å². The first kappa shape index (κ1) is 12.9. The van der Waals surface area contributed by atoms with E-state index in [1.165, 1.54) is 12.4 Å². The van der Waals surface area contributed by atoms with Crippen molar-refractivity contribution in [3.63, 3.8) is 0 Å². The van der Waals surface area contributed by atoms with Gasteiger partial charge in [0, 0.05) is 5.54 Å². The summed E-state index contributed by atoms with van der Waals surface area (Å²) in [5.41, 5.74) is 3.23. The Morgan fingerprint density at radius 2 is 2.31 bits per heavy atom. The molecule has 3 N–H and O–H groups in total. The van der Waals surface area contributed by atoms with Gasteiger partial charge in [0.2, 0.25) is 0 Å². The van der Waals surface area contributed by atoms with Crippen molar-refractivity contribution in [3.8, 4) is 0 Å². The van der Waals surface area contributed by atoms with Gasteiger partial charge in [0.25, 0.3) is 0 Å². The van der Waals surface area contributed by atoms with E-state index in [0.29, 0.717) is 15.8 Å². The minimum absolute atomic E-state index is 0.0920. The number of nitrogens with one attached hydrogen (secondary N) is 3. The van der Waals surface area contributed by atoms with Crippen LogP contribution in [0.4, 0.5) is 0 Å². The molecule has 0 radical (unpaired) electrons. The summed E-state index contributed by atoms with van der Waals surface area (Å²) in [5, 5.41) is 14.4. The fourth-order valence-electron chi connectivity index (χ4n) is 0.896. The first-order valence-corrected chi connectivity index (χ1v) is 5.47. The second-order valence-corrected chi connectivity index (χ2v) is 5.02. The molecule has 88 valence electrons. The van der Waals surface area contributed by atoms with Gasteiger partial charge in [0.15, 0.2) is 5.11 Å². The lowest BCUT2D eigenvalue weighted by Gasteiger charge is -2.21. The Morgan fingerprint density at radius 3 is 2.81 bits per heavy atom. The maximum Gasteiger partial charge on any atom is 0.187 e. The predicted molar refractivity (Wildman–Crippen MR) is 69.8 cm³/mol. The molecule has 0 aromatic carbocycles. The van der Waals surface area contributed by atoms with Crippen LogP contribution in [0.25, 0.3) is 0 Å². The average molecular weight is 260 g/mol. The van der Waals surface area contributed by atoms with Crippen molar-refractivity contribution in [2.24, 2.45) is 5.10 Å². The molecule has 0 atom stereocenters. The molecule has 0 amide bonds. The Labute approximate surface area is 105 Å². The SMILES string of the molecule is CC(C)(C)NC(=S)N/N=C\c1[nH]ncc1Cl. The largest absolute Gasteiger partial charge is 0.357 e. The van der Waals surface area contributed by atoms with Gasteiger partial charge in [0.1, 0.15) is 0 Å². The first-order chi connectivity index (χ1) is 7.38. The van der Waals surface area contributed by atoms with Crippen molar-refractivity contribution < 1.29 is 0 Å². The van der Waals surface area contributed by atoms with E-state index >= 15 is 0 Å². The van der Waals surface area contributed by atoms with E-state index in [1.807, 2.05) is 20.8 Å². The van der Waals surface area contributed by atoms with Crippen LogP contribution in [0.15, 0.2) is 11.3 Å². The van der Waals surface area contributed by atoms with E-state index in [1.54, 1.807) is 0 Å². The van der Waals surface area contributed by atoms with Crippen molar-refractivity contribution >= 4 is 35.1 Å². The van der Waals surface area contributed by atoms with E-state index < -0.39 is 0 Å². The number of halogens is 1. The number of hydrogen-bond donors (Lipinski definition) is 3. The van der Waals surface area contributed by atoms with E-state index in [9.17, 15) is 0 Å². The van der Waals surface area contributed by atoms with Crippen LogP contribution in [0, 0.1) is 0 Å². The number of rotatable bonds is 2. The van der Waals surface area contributed by atoms with Crippen molar-refractivity contribution in [2.75, 3.05) is 0 Å². The zero-order valence-corrected chi connectivity index (χ0v) is 10.9. The Balaban J connectivity index is 2.44. The van der Waals surface area contributed by atoms with E-state index in [4.69, 9.17) is 23.8 Å². The van der Waals surface area contributed by atoms with Crippen molar-refractivity contribution in [3.05, 3.63) is 16.9 Å². The molecule has 0 aliphatic carbocycles. The van der Waals surface area contributed by atoms with Crippen LogP contribution in [0.2, 0.25) is 5.02 Å². The average Bonchev–Trinajstić information content (AvgIpc) is 2.48. The van der Waals surface area contributed by atoms with E-state index in [0.717, 1.165) is 0 Å². The van der Waals surface area contributed by atoms with Crippen LogP contribution in [-0.4, -0.2) is 27.1 Å². The first-order valence-electron chi connectivity index (χ1n) is 4.68. The minimum Gasteiger partial charge on any atom is -0.357 e. The third-order valence-electron chi connectivity index (χ3n) is 1.47. The van der Waals surface area contributed by atoms with E-state index in [-0.39, 0.29) is 5.54 Å². The molecule has 0 spiro atoms. The molecule has 7 heteroatoms. The lowest BCUT2D eigenvalue weighted by molar-refractivity contribution is 0.508. The van der Waals surface area contributed by atoms with Crippen LogP contribution in [-0.2, 0) is 0 Å². The predicted octanol–water partition coefficient (Wildman–Crippen LogP) is 1.66. The maximum atomic E-state index is 5.80. The third-order valence-corrected chi connectivity index (χ3v) is 1.96. The number of nitrogens with zero attached hydrogens (tertiary/aromatic N) is 2. The smallest absolute Gasteiger partial charge is 0.187 e. The zero-order chi connectivity index (χ0) is 12.2. The van der Waals surface area contributed by atoms with Gasteiger partial charge < -0.3 is 5.32 Å². The number of aromatic amines is 1. The van der Waals surface area contributed by atoms with Gasteiger partial charge in [-0.2, -0.15) is 10.2 Å². The van der Waals surface area contributed by atoms with Crippen LogP contribution >= 0.6 is 23.8 Å². The molecule has 0 bridgehead atoms. The molecule has 16 heavy (non-hydrogen) atoms. The summed E-state index contributed by atoms with van der Waals surface area (Å²) < 4.78 is 0. The summed E-state index contributed by atoms with van der Waals surface area (Å²) in [6.07, 6.45) is 3.03. The van der Waals surface area contributed by atoms with Crippen LogP contribution in [0.1, 0.15) is 26.5 Å².